The van der Waals surface area contributed by atoms with Crippen LogP contribution in [-0.4, -0.2) is 77.6 Å². The van der Waals surface area contributed by atoms with Crippen LogP contribution in [0.4, 0.5) is 23.7 Å². The van der Waals surface area contributed by atoms with Crippen LogP contribution in [0, 0.1) is 0 Å². The Morgan fingerprint density at radius 2 is 1.84 bits per heavy atom. The van der Waals surface area contributed by atoms with E-state index in [2.05, 4.69) is 10.3 Å². The maximum atomic E-state index is 13.5. The van der Waals surface area contributed by atoms with Gasteiger partial charge in [0, 0.05) is 38.1 Å². The van der Waals surface area contributed by atoms with E-state index in [9.17, 15) is 22.8 Å². The zero-order valence-corrected chi connectivity index (χ0v) is 22.6. The minimum absolute atomic E-state index is 0.0894. The fraction of sp³-hybridized carbons (Fsp3) is 0.519. The number of halogens is 3. The van der Waals surface area contributed by atoms with Crippen molar-refractivity contribution in [2.75, 3.05) is 45.6 Å². The number of nitrogens with one attached hydrogen (secondary N) is 1. The number of nitrogens with zero attached hydrogens (tertiary/aromatic N) is 4. The van der Waals surface area contributed by atoms with Crippen LogP contribution in [0.2, 0.25) is 0 Å². The third-order valence-electron chi connectivity index (χ3n) is 6.05. The summed E-state index contributed by atoms with van der Waals surface area (Å²) in [5.74, 6) is -0.338. The molecule has 11 heteroatoms. The van der Waals surface area contributed by atoms with Gasteiger partial charge in [-0.25, -0.2) is 4.79 Å². The number of aromatic nitrogens is 1. The molecule has 0 unspecified atom stereocenters. The number of carbonyl (C=O) groups excluding carboxylic acids is 2. The van der Waals surface area contributed by atoms with Gasteiger partial charge >= 0.3 is 12.3 Å². The summed E-state index contributed by atoms with van der Waals surface area (Å²) >= 11 is 0. The van der Waals surface area contributed by atoms with Gasteiger partial charge in [0.2, 0.25) is 5.91 Å². The summed E-state index contributed by atoms with van der Waals surface area (Å²) in [5.41, 5.74) is 1.10. The van der Waals surface area contributed by atoms with E-state index in [0.717, 1.165) is 22.9 Å². The standard InChI is InChI=1S/C27H36F3N5O3/c1-26(2,3)38-25(37)35-13-11-20-19(17-35)8-6-10-22(20)32-16-24(36)34(15-14-33(4)5)18-23-21(27(28,29)30)9-7-12-31-23/h6-10,12,32H,11,13-18H2,1-5H3. The van der Waals surface area contributed by atoms with E-state index in [4.69, 9.17) is 4.74 Å². The smallest absolute Gasteiger partial charge is 0.418 e. The van der Waals surface area contributed by atoms with Gasteiger partial charge in [-0.1, -0.05) is 12.1 Å². The Labute approximate surface area is 221 Å². The van der Waals surface area contributed by atoms with Crippen molar-refractivity contribution in [3.8, 4) is 0 Å². The lowest BCUT2D eigenvalue weighted by atomic mass is 9.98. The first kappa shape index (κ1) is 29.2. The second kappa shape index (κ2) is 12.0. The number of benzene rings is 1. The molecule has 0 bridgehead atoms. The summed E-state index contributed by atoms with van der Waals surface area (Å²) < 4.78 is 46.0. The molecule has 0 fully saturated rings. The molecular formula is C27H36F3N5O3. The predicted molar refractivity (Wildman–Crippen MR) is 138 cm³/mol. The number of alkyl halides is 3. The topological polar surface area (TPSA) is 78.0 Å². The lowest BCUT2D eigenvalue weighted by Crippen LogP contribution is -2.41. The van der Waals surface area contributed by atoms with Gasteiger partial charge in [0.05, 0.1) is 24.3 Å². The lowest BCUT2D eigenvalue weighted by Gasteiger charge is -2.32. The van der Waals surface area contributed by atoms with Crippen molar-refractivity contribution in [3.63, 3.8) is 0 Å². The van der Waals surface area contributed by atoms with Crippen molar-refractivity contribution in [2.45, 2.75) is 52.1 Å². The van der Waals surface area contributed by atoms with Gasteiger partial charge in [-0.3, -0.25) is 9.78 Å². The molecule has 8 nitrogen and oxygen atoms in total. The largest absolute Gasteiger partial charge is 0.444 e. The normalized spacial score (nSPS) is 13.8. The van der Waals surface area contributed by atoms with Crippen LogP contribution >= 0.6 is 0 Å². The summed E-state index contributed by atoms with van der Waals surface area (Å²) in [6, 6.07) is 7.85. The van der Waals surface area contributed by atoms with E-state index < -0.39 is 17.3 Å². The van der Waals surface area contributed by atoms with E-state index in [1.165, 1.54) is 17.2 Å². The summed E-state index contributed by atoms with van der Waals surface area (Å²) in [6.45, 7) is 6.73. The fourth-order valence-electron chi connectivity index (χ4n) is 4.16. The molecule has 0 atom stereocenters. The molecule has 2 amide bonds. The highest BCUT2D eigenvalue weighted by Crippen LogP contribution is 2.31. The molecule has 2 heterocycles. The van der Waals surface area contributed by atoms with Crippen molar-refractivity contribution in [3.05, 3.63) is 58.9 Å². The molecule has 0 saturated heterocycles. The van der Waals surface area contributed by atoms with Gasteiger partial charge in [-0.2, -0.15) is 13.2 Å². The first-order valence-corrected chi connectivity index (χ1v) is 12.5. The molecule has 38 heavy (non-hydrogen) atoms. The molecule has 2 aromatic rings. The van der Waals surface area contributed by atoms with Crippen LogP contribution in [0.15, 0.2) is 36.5 Å². The summed E-state index contributed by atoms with van der Waals surface area (Å²) in [4.78, 5) is 34.5. The SMILES string of the molecule is CN(C)CCN(Cc1ncccc1C(F)(F)F)C(=O)CNc1cccc2c1CCN(C(=O)OC(C)(C)C)C2. The number of carbonyl (C=O) groups is 2. The van der Waals surface area contributed by atoms with Crippen LogP contribution < -0.4 is 5.32 Å². The monoisotopic (exact) mass is 535 g/mol. The molecule has 1 aliphatic heterocycles. The number of hydrogen-bond donors (Lipinski definition) is 1. The number of ether oxygens (including phenoxy) is 1. The number of likely N-dealkylation sites (N-methyl/N-ethyl adjacent to an activating group) is 1. The van der Waals surface area contributed by atoms with Crippen molar-refractivity contribution in [1.29, 1.82) is 0 Å². The number of hydrogen-bond acceptors (Lipinski definition) is 6. The van der Waals surface area contributed by atoms with Crippen molar-refractivity contribution >= 4 is 17.7 Å². The number of rotatable bonds is 8. The van der Waals surface area contributed by atoms with Gasteiger partial charge < -0.3 is 24.8 Å². The number of anilines is 1. The first-order valence-electron chi connectivity index (χ1n) is 12.5. The number of fused-ring (bicyclic) bond motifs is 1. The van der Waals surface area contributed by atoms with Crippen LogP contribution in [0.3, 0.4) is 0 Å². The Balaban J connectivity index is 1.71. The van der Waals surface area contributed by atoms with E-state index in [-0.39, 0.29) is 37.3 Å². The van der Waals surface area contributed by atoms with Crippen LogP contribution in [-0.2, 0) is 35.2 Å². The maximum Gasteiger partial charge on any atom is 0.418 e. The van der Waals surface area contributed by atoms with E-state index in [1.54, 1.807) is 4.90 Å². The minimum Gasteiger partial charge on any atom is -0.444 e. The Bertz CT molecular complexity index is 1130. The molecule has 0 aliphatic carbocycles. The third-order valence-corrected chi connectivity index (χ3v) is 6.05. The van der Waals surface area contributed by atoms with E-state index in [1.807, 2.05) is 58.0 Å². The zero-order valence-electron chi connectivity index (χ0n) is 22.6. The van der Waals surface area contributed by atoms with Crippen molar-refractivity contribution in [2.24, 2.45) is 0 Å². The van der Waals surface area contributed by atoms with Crippen LogP contribution in [0.1, 0.15) is 43.2 Å². The molecule has 0 saturated carbocycles. The summed E-state index contributed by atoms with van der Waals surface area (Å²) in [7, 11) is 3.67. The van der Waals surface area contributed by atoms with Gasteiger partial charge in [0.15, 0.2) is 0 Å². The van der Waals surface area contributed by atoms with Gasteiger partial charge in [-0.15, -0.1) is 0 Å². The molecule has 3 rings (SSSR count). The second-order valence-corrected chi connectivity index (χ2v) is 10.6. The van der Waals surface area contributed by atoms with Gasteiger partial charge in [-0.05, 0) is 70.6 Å². The molecule has 0 spiro atoms. The molecule has 0 radical (unpaired) electrons. The average molecular weight is 536 g/mol. The van der Waals surface area contributed by atoms with Crippen molar-refractivity contribution < 1.29 is 27.5 Å². The zero-order chi connectivity index (χ0) is 28.1. The Morgan fingerprint density at radius 1 is 1.11 bits per heavy atom. The Kier molecular flexibility index (Phi) is 9.24. The maximum absolute atomic E-state index is 13.5. The number of amides is 2. The highest BCUT2D eigenvalue weighted by atomic mass is 19.4. The Morgan fingerprint density at radius 3 is 2.50 bits per heavy atom. The Hall–Kier alpha value is -3.34. The van der Waals surface area contributed by atoms with Gasteiger partial charge in [0.25, 0.3) is 0 Å². The molecule has 1 aliphatic rings. The molecule has 208 valence electrons. The van der Waals surface area contributed by atoms with E-state index in [0.29, 0.717) is 26.1 Å². The average Bonchev–Trinajstić information content (AvgIpc) is 2.83. The molecule has 1 aromatic heterocycles. The second-order valence-electron chi connectivity index (χ2n) is 10.6. The highest BCUT2D eigenvalue weighted by molar-refractivity contribution is 5.81. The first-order chi connectivity index (χ1) is 17.7. The fourth-order valence-corrected chi connectivity index (χ4v) is 4.16. The quantitative estimate of drug-likeness (QED) is 0.540. The van der Waals surface area contributed by atoms with Crippen LogP contribution in [0.5, 0.6) is 0 Å². The number of pyridine rings is 1. The highest BCUT2D eigenvalue weighted by Gasteiger charge is 2.34. The van der Waals surface area contributed by atoms with Gasteiger partial charge in [0.1, 0.15) is 5.60 Å². The van der Waals surface area contributed by atoms with E-state index >= 15 is 0 Å². The molecule has 1 N–H and O–H groups in total. The molecule has 1 aromatic carbocycles. The van der Waals surface area contributed by atoms with Crippen molar-refractivity contribution in [1.82, 2.24) is 19.7 Å². The summed E-state index contributed by atoms with van der Waals surface area (Å²) in [5, 5.41) is 3.17. The van der Waals surface area contributed by atoms with Crippen LogP contribution in [0.25, 0.3) is 0 Å². The summed E-state index contributed by atoms with van der Waals surface area (Å²) in [6.07, 6.45) is -3.05. The third kappa shape index (κ3) is 8.08. The minimum atomic E-state index is -4.56. The lowest BCUT2D eigenvalue weighted by molar-refractivity contribution is -0.140. The molecular weight excluding hydrogens is 499 g/mol. The predicted octanol–water partition coefficient (Wildman–Crippen LogP) is 4.40.